The molecule has 1 heterocycles. The molecule has 0 spiro atoms. The Morgan fingerprint density at radius 1 is 0.740 bits per heavy atom. The highest BCUT2D eigenvalue weighted by atomic mass is 16.5. The quantitative estimate of drug-likeness (QED) is 0.124. The van der Waals surface area contributed by atoms with Crippen molar-refractivity contribution in [3.63, 3.8) is 0 Å². The zero-order valence-electron chi connectivity index (χ0n) is 32.7. The number of likely N-dealkylation sites (N-methyl/N-ethyl adjacent to an activating group) is 1. The molecule has 7 heteroatoms. The van der Waals surface area contributed by atoms with Gasteiger partial charge in [-0.3, -0.25) is 19.3 Å². The molecular weight excluding hydrogens is 624 g/mol. The molecule has 1 fully saturated rings. The maximum absolute atomic E-state index is 13.2. The minimum absolute atomic E-state index is 0.0611. The smallest absolute Gasteiger partial charge is 0.306 e. The summed E-state index contributed by atoms with van der Waals surface area (Å²) in [6.45, 7) is 12.3. The van der Waals surface area contributed by atoms with Gasteiger partial charge in [0.25, 0.3) is 0 Å². The van der Waals surface area contributed by atoms with E-state index in [-0.39, 0.29) is 48.6 Å². The molecule has 0 radical (unpaired) electrons. The van der Waals surface area contributed by atoms with Gasteiger partial charge in [0.1, 0.15) is 0 Å². The van der Waals surface area contributed by atoms with Crippen LogP contribution >= 0.6 is 0 Å². The number of amides is 1. The number of rotatable bonds is 12. The first-order valence-electron chi connectivity index (χ1n) is 20.5. The number of esters is 2. The van der Waals surface area contributed by atoms with Gasteiger partial charge in [-0.2, -0.15) is 0 Å². The lowest BCUT2D eigenvalue weighted by atomic mass is 9.79. The molecule has 1 N–H and O–H groups in total. The molecule has 1 amide bonds. The van der Waals surface area contributed by atoms with Crippen molar-refractivity contribution in [1.82, 2.24) is 10.2 Å². The first-order chi connectivity index (χ1) is 24.3. The zero-order valence-corrected chi connectivity index (χ0v) is 32.7. The highest BCUT2D eigenvalue weighted by molar-refractivity contribution is 5.78. The van der Waals surface area contributed by atoms with E-state index in [1.807, 2.05) is 11.9 Å². The zero-order chi connectivity index (χ0) is 36.7. The lowest BCUT2D eigenvalue weighted by molar-refractivity contribution is -0.145. The van der Waals surface area contributed by atoms with Gasteiger partial charge in [0, 0.05) is 6.04 Å². The molecule has 0 bridgehead atoms. The van der Waals surface area contributed by atoms with Crippen molar-refractivity contribution in [2.45, 2.75) is 181 Å². The van der Waals surface area contributed by atoms with E-state index in [1.54, 1.807) is 0 Å². The molecule has 1 aliphatic rings. The van der Waals surface area contributed by atoms with Crippen LogP contribution in [-0.2, 0) is 23.9 Å². The van der Waals surface area contributed by atoms with E-state index in [4.69, 9.17) is 9.47 Å². The van der Waals surface area contributed by atoms with Gasteiger partial charge in [0.05, 0.1) is 32.6 Å². The summed E-state index contributed by atoms with van der Waals surface area (Å²) < 4.78 is 11.5. The van der Waals surface area contributed by atoms with E-state index < -0.39 is 0 Å². The van der Waals surface area contributed by atoms with Gasteiger partial charge in [0.15, 0.2) is 0 Å². The number of hydrogen-bond donors (Lipinski definition) is 1. The van der Waals surface area contributed by atoms with Gasteiger partial charge in [0.2, 0.25) is 5.91 Å². The van der Waals surface area contributed by atoms with Crippen LogP contribution in [0.5, 0.6) is 0 Å². The summed E-state index contributed by atoms with van der Waals surface area (Å²) >= 11 is 0. The lowest BCUT2D eigenvalue weighted by Crippen LogP contribution is -2.41. The topological polar surface area (TPSA) is 84.9 Å². The third-order valence-corrected chi connectivity index (χ3v) is 10.1. The van der Waals surface area contributed by atoms with Crippen molar-refractivity contribution in [3.05, 3.63) is 29.3 Å². The molecule has 2 atom stereocenters. The van der Waals surface area contributed by atoms with Crippen molar-refractivity contribution >= 4 is 17.8 Å². The Kier molecular flexibility index (Phi) is 28.4. The van der Waals surface area contributed by atoms with Gasteiger partial charge in [-0.1, -0.05) is 135 Å². The Morgan fingerprint density at radius 2 is 1.20 bits per heavy atom. The summed E-state index contributed by atoms with van der Waals surface area (Å²) in [5.74, 6) is -0.353. The minimum atomic E-state index is -0.178. The second-order valence-electron chi connectivity index (χ2n) is 14.5. The first-order valence-corrected chi connectivity index (χ1v) is 20.5. The predicted molar refractivity (Wildman–Crippen MR) is 206 cm³/mol. The molecule has 286 valence electrons. The van der Waals surface area contributed by atoms with E-state index in [2.05, 4.69) is 49.9 Å². The Bertz CT molecular complexity index is 986. The summed E-state index contributed by atoms with van der Waals surface area (Å²) in [4.78, 5) is 41.0. The van der Waals surface area contributed by atoms with Crippen LogP contribution in [0.1, 0.15) is 175 Å². The number of carbonyl (C=O) groups excluding carboxylic acids is 3. The van der Waals surface area contributed by atoms with Crippen molar-refractivity contribution in [3.8, 4) is 0 Å². The number of cyclic esters (lactones) is 2. The maximum Gasteiger partial charge on any atom is 0.306 e. The van der Waals surface area contributed by atoms with Crippen LogP contribution in [0, 0.1) is 11.8 Å². The fraction of sp³-hybridized carbons (Fsp3) is 0.814. The molecular formula is C43H74N2O5. The normalized spacial score (nSPS) is 22.0. The lowest BCUT2D eigenvalue weighted by Gasteiger charge is -2.25. The van der Waals surface area contributed by atoms with Crippen LogP contribution in [0.2, 0.25) is 0 Å². The number of unbranched alkanes of at least 4 members (excludes halogenated alkanes) is 4. The molecule has 1 aliphatic heterocycles. The number of ether oxygens (including phenoxy) is 2. The molecule has 50 heavy (non-hydrogen) atoms. The summed E-state index contributed by atoms with van der Waals surface area (Å²) in [5.41, 5.74) is 9.95. The molecule has 2 unspecified atom stereocenters. The molecule has 0 aromatic carbocycles. The van der Waals surface area contributed by atoms with E-state index in [1.165, 1.54) is 0 Å². The first kappa shape index (κ1) is 45.5. The van der Waals surface area contributed by atoms with Crippen LogP contribution in [-0.4, -0.2) is 62.1 Å². The fourth-order valence-electron chi connectivity index (χ4n) is 6.88. The molecule has 0 aliphatic carbocycles. The average Bonchev–Trinajstić information content (AvgIpc) is 3.09. The van der Waals surface area contributed by atoms with Crippen molar-refractivity contribution in [1.29, 1.82) is 0 Å². The minimum Gasteiger partial charge on any atom is -0.466 e. The average molecular weight is 699 g/mol. The van der Waals surface area contributed by atoms with Crippen LogP contribution in [0.15, 0.2) is 29.3 Å². The second-order valence-corrected chi connectivity index (χ2v) is 14.5. The van der Waals surface area contributed by atoms with Crippen molar-refractivity contribution < 1.29 is 23.9 Å². The SMILES string of the molecule is C=C=C=C=C1C(CCCCC)CC(=O)OCCCCCCCCC(NC(=O)CN(C)CC)CCCCCCCCOC(=O)CC1CCCCC. The third kappa shape index (κ3) is 23.8. The Balaban J connectivity index is 3.00. The van der Waals surface area contributed by atoms with Crippen LogP contribution < -0.4 is 5.32 Å². The highest BCUT2D eigenvalue weighted by Gasteiger charge is 2.28. The second kappa shape index (κ2) is 31.2. The van der Waals surface area contributed by atoms with Crippen LogP contribution in [0.25, 0.3) is 0 Å². The van der Waals surface area contributed by atoms with Crippen molar-refractivity contribution in [2.75, 3.05) is 33.4 Å². The predicted octanol–water partition coefficient (Wildman–Crippen LogP) is 10.2. The number of nitrogens with zero attached hydrogens (tertiary/aromatic N) is 1. The van der Waals surface area contributed by atoms with E-state index in [9.17, 15) is 14.4 Å². The molecule has 0 aromatic rings. The standard InChI is InChI=1S/C43H74N2O5/c1-6-10-21-27-37-34-42(47)49-32-25-19-15-13-17-23-29-39(44-41(46)36-45(5)9-4)30-24-18-14-16-20-26-33-50-43(48)35-38(28-22-11-7-2)40(37)31-12-8-3/h37-39H,3,6-7,9-11,13-30,32-36H2,1-2,4-5H3,(H,44,46). The Morgan fingerprint density at radius 3 is 1.64 bits per heavy atom. The van der Waals surface area contributed by atoms with Gasteiger partial charge < -0.3 is 14.8 Å². The van der Waals surface area contributed by atoms with Crippen molar-refractivity contribution in [2.24, 2.45) is 11.8 Å². The number of hydrogen-bond acceptors (Lipinski definition) is 6. The summed E-state index contributed by atoms with van der Waals surface area (Å²) in [5, 5.41) is 3.32. The fourth-order valence-corrected chi connectivity index (χ4v) is 6.88. The largest absolute Gasteiger partial charge is 0.466 e. The molecule has 1 saturated heterocycles. The van der Waals surface area contributed by atoms with Gasteiger partial charge in [-0.25, -0.2) is 0 Å². The van der Waals surface area contributed by atoms with E-state index in [0.29, 0.717) is 19.8 Å². The molecule has 7 nitrogen and oxygen atoms in total. The third-order valence-electron chi connectivity index (χ3n) is 10.1. The van der Waals surface area contributed by atoms with Gasteiger partial charge >= 0.3 is 11.9 Å². The Labute approximate surface area is 306 Å². The molecule has 0 aromatic heterocycles. The van der Waals surface area contributed by atoms with E-state index in [0.717, 1.165) is 153 Å². The maximum atomic E-state index is 13.2. The van der Waals surface area contributed by atoms with Crippen LogP contribution in [0.3, 0.4) is 0 Å². The van der Waals surface area contributed by atoms with Crippen LogP contribution in [0.4, 0.5) is 0 Å². The highest BCUT2D eigenvalue weighted by Crippen LogP contribution is 2.33. The summed E-state index contributed by atoms with van der Waals surface area (Å²) in [6.07, 6.45) is 23.6. The number of allylic oxidation sites excluding steroid dienone is 1. The summed E-state index contributed by atoms with van der Waals surface area (Å²) in [7, 11) is 1.98. The number of nitrogens with one attached hydrogen (secondary N) is 1. The molecule has 0 saturated carbocycles. The summed E-state index contributed by atoms with van der Waals surface area (Å²) in [6, 6.07) is 0.236. The van der Waals surface area contributed by atoms with Gasteiger partial charge in [-0.15, -0.1) is 0 Å². The monoisotopic (exact) mass is 699 g/mol. The Hall–Kier alpha value is -2.55. The molecule has 1 rings (SSSR count). The van der Waals surface area contributed by atoms with E-state index >= 15 is 0 Å². The van der Waals surface area contributed by atoms with Gasteiger partial charge in [-0.05, 0) is 81.8 Å². The number of carbonyl (C=O) groups is 3.